The van der Waals surface area contributed by atoms with Gasteiger partial charge in [-0.15, -0.1) is 0 Å². The van der Waals surface area contributed by atoms with Crippen molar-refractivity contribution in [1.82, 2.24) is 4.98 Å². The molecular formula is C14H22N2O3. The van der Waals surface area contributed by atoms with Gasteiger partial charge in [0.2, 0.25) is 0 Å². The van der Waals surface area contributed by atoms with E-state index in [1.165, 1.54) is 0 Å². The summed E-state index contributed by atoms with van der Waals surface area (Å²) in [7, 11) is 0. The maximum absolute atomic E-state index is 9.46. The summed E-state index contributed by atoms with van der Waals surface area (Å²) in [6.07, 6.45) is 1.03. The average Bonchev–Trinajstić information content (AvgIpc) is 2.37. The van der Waals surface area contributed by atoms with Crippen molar-refractivity contribution < 1.29 is 14.9 Å². The molecule has 19 heavy (non-hydrogen) atoms. The van der Waals surface area contributed by atoms with E-state index in [4.69, 9.17) is 4.74 Å². The number of ether oxygens (including phenoxy) is 1. The number of aliphatic hydroxyl groups is 2. The van der Waals surface area contributed by atoms with Crippen LogP contribution in [0.25, 0.3) is 0 Å². The molecular weight excluding hydrogens is 244 g/mol. The van der Waals surface area contributed by atoms with Gasteiger partial charge in [-0.2, -0.15) is 0 Å². The zero-order chi connectivity index (χ0) is 14.0. The molecule has 1 saturated heterocycles. The molecule has 1 aliphatic heterocycles. The minimum absolute atomic E-state index is 0.0130. The number of hydrogen-bond acceptors (Lipinski definition) is 5. The van der Waals surface area contributed by atoms with Gasteiger partial charge in [0.05, 0.1) is 42.0 Å². The van der Waals surface area contributed by atoms with Crippen molar-refractivity contribution in [3.63, 3.8) is 0 Å². The lowest BCUT2D eigenvalue weighted by molar-refractivity contribution is -0.101. The molecule has 1 aliphatic rings. The monoisotopic (exact) mass is 266 g/mol. The van der Waals surface area contributed by atoms with Crippen LogP contribution in [0.3, 0.4) is 0 Å². The van der Waals surface area contributed by atoms with Gasteiger partial charge in [0.1, 0.15) is 0 Å². The zero-order valence-electron chi connectivity index (χ0n) is 11.7. The van der Waals surface area contributed by atoms with E-state index in [0.29, 0.717) is 12.2 Å². The van der Waals surface area contributed by atoms with Gasteiger partial charge < -0.3 is 19.8 Å². The van der Waals surface area contributed by atoms with E-state index in [-0.39, 0.29) is 18.3 Å². The van der Waals surface area contributed by atoms with E-state index in [2.05, 4.69) is 9.88 Å². The Morgan fingerprint density at radius 2 is 2.26 bits per heavy atom. The topological polar surface area (TPSA) is 65.8 Å². The number of aliphatic hydroxyl groups excluding tert-OH is 2. The van der Waals surface area contributed by atoms with Crippen molar-refractivity contribution in [2.24, 2.45) is 0 Å². The summed E-state index contributed by atoms with van der Waals surface area (Å²) < 4.78 is 5.78. The summed E-state index contributed by atoms with van der Waals surface area (Å²) in [6, 6.07) is 3.78. The number of aromatic nitrogens is 1. The average molecular weight is 266 g/mol. The Balaban J connectivity index is 2.16. The highest BCUT2D eigenvalue weighted by molar-refractivity contribution is 5.46. The number of hydrogen-bond donors (Lipinski definition) is 2. The first-order valence-corrected chi connectivity index (χ1v) is 6.59. The second-order valence-corrected chi connectivity index (χ2v) is 5.68. The van der Waals surface area contributed by atoms with Crippen LogP contribution in [0.5, 0.6) is 0 Å². The van der Waals surface area contributed by atoms with Crippen molar-refractivity contribution >= 4 is 5.69 Å². The molecule has 106 valence electrons. The van der Waals surface area contributed by atoms with Gasteiger partial charge in [-0.05, 0) is 32.9 Å². The van der Waals surface area contributed by atoms with Gasteiger partial charge in [-0.3, -0.25) is 4.98 Å². The highest BCUT2D eigenvalue weighted by atomic mass is 16.5. The maximum Gasteiger partial charge on any atom is 0.0988 e. The number of anilines is 1. The number of rotatable bonds is 3. The molecule has 0 bridgehead atoms. The lowest BCUT2D eigenvalue weighted by Crippen LogP contribution is -2.54. The fraction of sp³-hybridized carbons (Fsp3) is 0.643. The predicted molar refractivity (Wildman–Crippen MR) is 73.1 cm³/mol. The molecule has 0 saturated carbocycles. The molecule has 0 aliphatic carbocycles. The Morgan fingerprint density at radius 1 is 1.53 bits per heavy atom. The molecule has 2 N–H and O–H groups in total. The number of pyridine rings is 1. The van der Waals surface area contributed by atoms with Crippen molar-refractivity contribution in [2.75, 3.05) is 24.6 Å². The molecule has 5 heteroatoms. The fourth-order valence-electron chi connectivity index (χ4n) is 2.42. The smallest absolute Gasteiger partial charge is 0.0988 e. The summed E-state index contributed by atoms with van der Waals surface area (Å²) in [4.78, 5) is 6.41. The fourth-order valence-corrected chi connectivity index (χ4v) is 2.42. The Kier molecular flexibility index (Phi) is 4.08. The largest absolute Gasteiger partial charge is 0.394 e. The van der Waals surface area contributed by atoms with Crippen molar-refractivity contribution in [3.05, 3.63) is 24.0 Å². The van der Waals surface area contributed by atoms with Gasteiger partial charge in [0.25, 0.3) is 0 Å². The van der Waals surface area contributed by atoms with Gasteiger partial charge in [-0.1, -0.05) is 0 Å². The van der Waals surface area contributed by atoms with E-state index in [0.717, 1.165) is 12.2 Å². The van der Waals surface area contributed by atoms with Crippen LogP contribution in [0.15, 0.2) is 18.3 Å². The highest BCUT2D eigenvalue weighted by Gasteiger charge is 2.33. The van der Waals surface area contributed by atoms with E-state index >= 15 is 0 Å². The summed E-state index contributed by atoms with van der Waals surface area (Å²) in [6.45, 7) is 7.13. The SMILES string of the molecule is CC(O)c1ccc(N2CC(CO)OC(C)(C)C2)cn1. The van der Waals surface area contributed by atoms with Crippen LogP contribution in [-0.4, -0.2) is 46.6 Å². The summed E-state index contributed by atoms with van der Waals surface area (Å²) >= 11 is 0. The minimum Gasteiger partial charge on any atom is -0.394 e. The van der Waals surface area contributed by atoms with Crippen molar-refractivity contribution in [3.8, 4) is 0 Å². The van der Waals surface area contributed by atoms with Crippen molar-refractivity contribution in [1.29, 1.82) is 0 Å². The molecule has 0 radical (unpaired) electrons. The molecule has 5 nitrogen and oxygen atoms in total. The summed E-state index contributed by atoms with van der Waals surface area (Å²) in [5.74, 6) is 0. The third-order valence-corrected chi connectivity index (χ3v) is 3.25. The van der Waals surface area contributed by atoms with Crippen LogP contribution in [-0.2, 0) is 4.74 Å². The van der Waals surface area contributed by atoms with Gasteiger partial charge >= 0.3 is 0 Å². The Hall–Kier alpha value is -1.17. The van der Waals surface area contributed by atoms with E-state index in [9.17, 15) is 10.2 Å². The van der Waals surface area contributed by atoms with Gasteiger partial charge in [-0.25, -0.2) is 0 Å². The van der Waals surface area contributed by atoms with Crippen LogP contribution in [0, 0.1) is 0 Å². The molecule has 0 spiro atoms. The van der Waals surface area contributed by atoms with Gasteiger partial charge in [0.15, 0.2) is 0 Å². The Morgan fingerprint density at radius 3 is 2.79 bits per heavy atom. The molecule has 0 aromatic carbocycles. The lowest BCUT2D eigenvalue weighted by atomic mass is 10.0. The van der Waals surface area contributed by atoms with Crippen LogP contribution in [0.4, 0.5) is 5.69 Å². The first kappa shape index (κ1) is 14.2. The zero-order valence-corrected chi connectivity index (χ0v) is 11.7. The normalized spacial score (nSPS) is 24.3. The first-order valence-electron chi connectivity index (χ1n) is 6.59. The summed E-state index contributed by atoms with van der Waals surface area (Å²) in [5, 5.41) is 18.8. The highest BCUT2D eigenvalue weighted by Crippen LogP contribution is 2.26. The number of morpholine rings is 1. The maximum atomic E-state index is 9.46. The number of nitrogens with zero attached hydrogens (tertiary/aromatic N) is 2. The molecule has 2 heterocycles. The van der Waals surface area contributed by atoms with Crippen LogP contribution >= 0.6 is 0 Å². The molecule has 2 rings (SSSR count). The molecule has 0 amide bonds. The quantitative estimate of drug-likeness (QED) is 0.858. The second kappa shape index (κ2) is 5.45. The van der Waals surface area contributed by atoms with E-state index in [1.807, 2.05) is 26.0 Å². The standard InChI is InChI=1S/C14H22N2O3/c1-10(18)13-5-4-11(6-15-13)16-7-12(8-17)19-14(2,3)9-16/h4-6,10,12,17-18H,7-9H2,1-3H3. The summed E-state index contributed by atoms with van der Waals surface area (Å²) in [5.41, 5.74) is 1.35. The Bertz CT molecular complexity index is 417. The van der Waals surface area contributed by atoms with Gasteiger partial charge in [0, 0.05) is 13.1 Å². The predicted octanol–water partition coefficient (Wildman–Crippen LogP) is 1.11. The molecule has 2 unspecified atom stereocenters. The van der Waals surface area contributed by atoms with E-state index < -0.39 is 6.10 Å². The molecule has 1 fully saturated rings. The molecule has 1 aromatic rings. The molecule has 1 aromatic heterocycles. The van der Waals surface area contributed by atoms with E-state index in [1.54, 1.807) is 13.1 Å². The Labute approximate surface area is 113 Å². The third-order valence-electron chi connectivity index (χ3n) is 3.25. The van der Waals surface area contributed by atoms with Crippen LogP contribution in [0.2, 0.25) is 0 Å². The molecule has 2 atom stereocenters. The van der Waals surface area contributed by atoms with Crippen molar-refractivity contribution in [2.45, 2.75) is 38.6 Å². The first-order chi connectivity index (χ1) is 8.91. The van der Waals surface area contributed by atoms with Crippen LogP contribution < -0.4 is 4.90 Å². The second-order valence-electron chi connectivity index (χ2n) is 5.68. The minimum atomic E-state index is -0.555. The third kappa shape index (κ3) is 3.43. The van der Waals surface area contributed by atoms with Crippen LogP contribution in [0.1, 0.15) is 32.6 Å². The lowest BCUT2D eigenvalue weighted by Gasteiger charge is -2.43.